The normalized spacial score (nSPS) is 10.8. The Hall–Kier alpha value is -2.14. The minimum Gasteiger partial charge on any atom is -0.489 e. The van der Waals surface area contributed by atoms with Crippen LogP contribution in [0, 0.1) is 0 Å². The van der Waals surface area contributed by atoms with Gasteiger partial charge in [-0.3, -0.25) is 4.68 Å². The summed E-state index contributed by atoms with van der Waals surface area (Å²) in [5, 5.41) is 4.31. The highest BCUT2D eigenvalue weighted by Gasteiger charge is 2.02. The molecule has 0 fully saturated rings. The van der Waals surface area contributed by atoms with Crippen LogP contribution in [-0.4, -0.2) is 22.9 Å². The van der Waals surface area contributed by atoms with Crippen LogP contribution in [0.4, 0.5) is 4.39 Å². The first-order valence-electron chi connectivity index (χ1n) is 6.94. The van der Waals surface area contributed by atoms with Gasteiger partial charge in [-0.2, -0.15) is 5.10 Å². The van der Waals surface area contributed by atoms with E-state index in [0.717, 1.165) is 11.3 Å². The molecular weight excluding hydrogens is 269 g/mol. The highest BCUT2D eigenvalue weighted by Crippen LogP contribution is 2.20. The third-order valence-electron chi connectivity index (χ3n) is 2.70. The summed E-state index contributed by atoms with van der Waals surface area (Å²) in [7, 11) is 1.87. The summed E-state index contributed by atoms with van der Waals surface area (Å²) >= 11 is 0. The number of nitrogens with zero attached hydrogens (tertiary/aromatic N) is 2. The Labute approximate surface area is 125 Å². The summed E-state index contributed by atoms with van der Waals surface area (Å²) in [5.41, 5.74) is 7.69. The van der Waals surface area contributed by atoms with Gasteiger partial charge in [0.1, 0.15) is 12.4 Å². The highest BCUT2D eigenvalue weighted by atomic mass is 19.1. The first kappa shape index (κ1) is 16.9. The minimum absolute atomic E-state index is 0.155. The Morgan fingerprint density at radius 1 is 1.29 bits per heavy atom. The molecule has 0 unspecified atom stereocenters. The van der Waals surface area contributed by atoms with Gasteiger partial charge < -0.3 is 10.5 Å². The predicted octanol–water partition coefficient (Wildman–Crippen LogP) is 3.30. The third kappa shape index (κ3) is 5.04. The third-order valence-corrected chi connectivity index (χ3v) is 2.70. The van der Waals surface area contributed by atoms with E-state index in [0.29, 0.717) is 17.7 Å². The molecule has 21 heavy (non-hydrogen) atoms. The molecule has 0 radical (unpaired) electrons. The maximum absolute atomic E-state index is 12.3. The molecule has 2 aromatic rings. The molecule has 0 aliphatic rings. The van der Waals surface area contributed by atoms with Gasteiger partial charge in [0, 0.05) is 30.9 Å². The van der Waals surface area contributed by atoms with Crippen molar-refractivity contribution in [3.8, 4) is 17.0 Å². The quantitative estimate of drug-likeness (QED) is 0.919. The molecule has 0 spiro atoms. The van der Waals surface area contributed by atoms with E-state index >= 15 is 0 Å². The standard InChI is InChI=1S/C14H16FN3O.C2H6/c1-18-7-6-14(17-18)12-2-4-13(5-3-12)19-10-11(8-15)9-16;1-2/h2-8H,9-10,16H2,1H3;1-2H3/b11-8-;. The number of ether oxygens (including phenoxy) is 1. The largest absolute Gasteiger partial charge is 0.489 e. The molecular formula is C16H22FN3O. The molecule has 0 saturated heterocycles. The SMILES string of the molecule is CC.Cn1ccc(-c2ccc(OC/C(=C\F)CN)cc2)n1. The summed E-state index contributed by atoms with van der Waals surface area (Å²) in [6.07, 6.45) is 2.38. The molecule has 2 N–H and O–H groups in total. The molecule has 1 aromatic carbocycles. The second-order valence-corrected chi connectivity index (χ2v) is 4.16. The van der Waals surface area contributed by atoms with Gasteiger partial charge in [0.2, 0.25) is 0 Å². The maximum atomic E-state index is 12.3. The fraction of sp³-hybridized carbons (Fsp3) is 0.312. The molecule has 0 amide bonds. The van der Waals surface area contributed by atoms with E-state index < -0.39 is 0 Å². The van der Waals surface area contributed by atoms with Gasteiger partial charge in [0.25, 0.3) is 0 Å². The van der Waals surface area contributed by atoms with Crippen molar-refractivity contribution in [1.29, 1.82) is 0 Å². The molecule has 4 nitrogen and oxygen atoms in total. The Bertz CT molecular complexity index is 561. The van der Waals surface area contributed by atoms with Crippen LogP contribution >= 0.6 is 0 Å². The number of aromatic nitrogens is 2. The monoisotopic (exact) mass is 291 g/mol. The lowest BCUT2D eigenvalue weighted by Crippen LogP contribution is -2.10. The highest BCUT2D eigenvalue weighted by molar-refractivity contribution is 5.59. The molecule has 0 aliphatic carbocycles. The Balaban J connectivity index is 0.00000106. The van der Waals surface area contributed by atoms with E-state index in [4.69, 9.17) is 10.5 Å². The number of hydrogen-bond acceptors (Lipinski definition) is 3. The lowest BCUT2D eigenvalue weighted by Gasteiger charge is -2.07. The average Bonchev–Trinajstić information content (AvgIpc) is 2.97. The number of hydrogen-bond donors (Lipinski definition) is 1. The molecule has 0 saturated carbocycles. The lowest BCUT2D eigenvalue weighted by atomic mass is 10.1. The van der Waals surface area contributed by atoms with Crippen LogP contribution in [0.5, 0.6) is 5.75 Å². The van der Waals surface area contributed by atoms with Crippen LogP contribution in [0.2, 0.25) is 0 Å². The fourth-order valence-electron chi connectivity index (χ4n) is 1.60. The van der Waals surface area contributed by atoms with Crippen LogP contribution < -0.4 is 10.5 Å². The van der Waals surface area contributed by atoms with Gasteiger partial charge in [0.05, 0.1) is 12.0 Å². The fourth-order valence-corrected chi connectivity index (χ4v) is 1.60. The van der Waals surface area contributed by atoms with Gasteiger partial charge in [0.15, 0.2) is 0 Å². The van der Waals surface area contributed by atoms with Crippen molar-refractivity contribution in [2.75, 3.05) is 13.2 Å². The number of aryl methyl sites for hydroxylation is 1. The lowest BCUT2D eigenvalue weighted by molar-refractivity contribution is 0.347. The Morgan fingerprint density at radius 2 is 1.95 bits per heavy atom. The van der Waals surface area contributed by atoms with Crippen LogP contribution in [0.3, 0.4) is 0 Å². The first-order chi connectivity index (χ1) is 10.2. The summed E-state index contributed by atoms with van der Waals surface area (Å²) in [6, 6.07) is 9.43. The van der Waals surface area contributed by atoms with Crippen LogP contribution in [0.25, 0.3) is 11.3 Å². The number of nitrogens with two attached hydrogens (primary N) is 1. The van der Waals surface area contributed by atoms with Crippen molar-refractivity contribution in [3.05, 3.63) is 48.4 Å². The van der Waals surface area contributed by atoms with E-state index in [2.05, 4.69) is 5.10 Å². The second-order valence-electron chi connectivity index (χ2n) is 4.16. The van der Waals surface area contributed by atoms with E-state index in [1.165, 1.54) is 0 Å². The van der Waals surface area contributed by atoms with E-state index in [9.17, 15) is 4.39 Å². The van der Waals surface area contributed by atoms with Crippen molar-refractivity contribution in [3.63, 3.8) is 0 Å². The zero-order valence-corrected chi connectivity index (χ0v) is 12.7. The minimum atomic E-state index is 0.155. The Morgan fingerprint density at radius 3 is 2.43 bits per heavy atom. The summed E-state index contributed by atoms with van der Waals surface area (Å²) in [4.78, 5) is 0. The van der Waals surface area contributed by atoms with Crippen molar-refractivity contribution in [1.82, 2.24) is 9.78 Å². The molecule has 1 heterocycles. The zero-order chi connectivity index (χ0) is 15.7. The van der Waals surface area contributed by atoms with Gasteiger partial charge >= 0.3 is 0 Å². The van der Waals surface area contributed by atoms with E-state index in [1.807, 2.05) is 57.4 Å². The summed E-state index contributed by atoms with van der Waals surface area (Å²) in [6.45, 7) is 4.32. The first-order valence-corrected chi connectivity index (χ1v) is 6.94. The second kappa shape index (κ2) is 8.92. The summed E-state index contributed by atoms with van der Waals surface area (Å²) in [5.74, 6) is 0.674. The zero-order valence-electron chi connectivity index (χ0n) is 12.7. The van der Waals surface area contributed by atoms with Crippen LogP contribution in [0.1, 0.15) is 13.8 Å². The summed E-state index contributed by atoms with van der Waals surface area (Å²) < 4.78 is 19.5. The van der Waals surface area contributed by atoms with Crippen molar-refractivity contribution < 1.29 is 9.13 Å². The van der Waals surface area contributed by atoms with Crippen molar-refractivity contribution >= 4 is 0 Å². The van der Waals surface area contributed by atoms with Gasteiger partial charge in [-0.1, -0.05) is 13.8 Å². The van der Waals surface area contributed by atoms with Crippen LogP contribution in [-0.2, 0) is 7.05 Å². The molecule has 114 valence electrons. The van der Waals surface area contributed by atoms with E-state index in [1.54, 1.807) is 4.68 Å². The topological polar surface area (TPSA) is 53.1 Å². The van der Waals surface area contributed by atoms with Gasteiger partial charge in [-0.25, -0.2) is 4.39 Å². The molecule has 5 heteroatoms. The number of halogens is 1. The number of rotatable bonds is 5. The van der Waals surface area contributed by atoms with E-state index in [-0.39, 0.29) is 13.2 Å². The predicted molar refractivity (Wildman–Crippen MR) is 83.7 cm³/mol. The van der Waals surface area contributed by atoms with Crippen LogP contribution in [0.15, 0.2) is 48.4 Å². The smallest absolute Gasteiger partial charge is 0.119 e. The number of benzene rings is 1. The molecule has 0 bridgehead atoms. The molecule has 0 aliphatic heterocycles. The Kier molecular flexibility index (Phi) is 7.18. The van der Waals surface area contributed by atoms with Crippen molar-refractivity contribution in [2.24, 2.45) is 12.8 Å². The molecule has 2 rings (SSSR count). The molecule has 1 aromatic heterocycles. The van der Waals surface area contributed by atoms with Gasteiger partial charge in [-0.15, -0.1) is 0 Å². The maximum Gasteiger partial charge on any atom is 0.119 e. The van der Waals surface area contributed by atoms with Gasteiger partial charge in [-0.05, 0) is 30.3 Å². The average molecular weight is 291 g/mol. The van der Waals surface area contributed by atoms with Crippen molar-refractivity contribution in [2.45, 2.75) is 13.8 Å². The molecule has 0 atom stereocenters.